The zero-order valence-corrected chi connectivity index (χ0v) is 15.0. The second-order valence-electron chi connectivity index (χ2n) is 5.28. The van der Waals surface area contributed by atoms with E-state index in [0.717, 1.165) is 11.8 Å². The van der Waals surface area contributed by atoms with Crippen molar-refractivity contribution in [3.63, 3.8) is 0 Å². The molecular weight excluding hydrogens is 362 g/mol. The Morgan fingerprint density at radius 3 is 2.76 bits per heavy atom. The number of carbonyl (C=O) groups is 1. The molecule has 128 valence electrons. The van der Waals surface area contributed by atoms with E-state index in [9.17, 15) is 9.59 Å². The smallest absolute Gasteiger partial charge is 0.279 e. The molecule has 2 N–H and O–H groups in total. The minimum Gasteiger partial charge on any atom is -0.325 e. The highest BCUT2D eigenvalue weighted by Crippen LogP contribution is 2.17. The van der Waals surface area contributed by atoms with Gasteiger partial charge in [-0.2, -0.15) is 0 Å². The van der Waals surface area contributed by atoms with Crippen LogP contribution in [0.1, 0.15) is 11.4 Å². The van der Waals surface area contributed by atoms with Crippen LogP contribution in [0.5, 0.6) is 0 Å². The van der Waals surface area contributed by atoms with Gasteiger partial charge in [0.1, 0.15) is 0 Å². The van der Waals surface area contributed by atoms with Crippen LogP contribution in [0.3, 0.4) is 0 Å². The van der Waals surface area contributed by atoms with Gasteiger partial charge in [0.05, 0.1) is 17.1 Å². The molecule has 0 saturated carbocycles. The van der Waals surface area contributed by atoms with Crippen LogP contribution in [-0.4, -0.2) is 31.6 Å². The van der Waals surface area contributed by atoms with Crippen molar-refractivity contribution in [2.45, 2.75) is 19.0 Å². The van der Waals surface area contributed by atoms with E-state index in [0.29, 0.717) is 27.3 Å². The Morgan fingerprint density at radius 2 is 2.00 bits per heavy atom. The third-order valence-electron chi connectivity index (χ3n) is 3.38. The summed E-state index contributed by atoms with van der Waals surface area (Å²) < 4.78 is 0. The van der Waals surface area contributed by atoms with E-state index in [2.05, 4.69) is 25.3 Å². The molecule has 0 radical (unpaired) electrons. The van der Waals surface area contributed by atoms with Crippen LogP contribution in [0.15, 0.2) is 34.2 Å². The molecule has 0 unspecified atom stereocenters. The van der Waals surface area contributed by atoms with Gasteiger partial charge in [0.15, 0.2) is 16.3 Å². The summed E-state index contributed by atoms with van der Waals surface area (Å²) in [5.41, 5.74) is 2.08. The zero-order valence-electron chi connectivity index (χ0n) is 13.5. The molecule has 0 aliphatic carbocycles. The van der Waals surface area contributed by atoms with Crippen molar-refractivity contribution in [2.24, 2.45) is 0 Å². The number of amides is 1. The van der Waals surface area contributed by atoms with Crippen molar-refractivity contribution >= 4 is 46.1 Å². The monoisotopic (exact) mass is 375 g/mol. The maximum Gasteiger partial charge on any atom is 0.279 e. The summed E-state index contributed by atoms with van der Waals surface area (Å²) in [5.74, 6) is -0.152. The lowest BCUT2D eigenvalue weighted by Gasteiger charge is -2.06. The van der Waals surface area contributed by atoms with Crippen LogP contribution in [0.4, 0.5) is 5.69 Å². The Morgan fingerprint density at radius 1 is 1.24 bits per heavy atom. The minimum absolute atomic E-state index is 0.0826. The van der Waals surface area contributed by atoms with Gasteiger partial charge < -0.3 is 5.32 Å². The number of halogens is 1. The van der Waals surface area contributed by atoms with Gasteiger partial charge >= 0.3 is 0 Å². The fourth-order valence-electron chi connectivity index (χ4n) is 2.07. The first-order valence-corrected chi connectivity index (χ1v) is 8.72. The number of thioether (sulfide) groups is 1. The van der Waals surface area contributed by atoms with E-state index in [1.807, 2.05) is 0 Å². The van der Waals surface area contributed by atoms with Crippen LogP contribution in [-0.2, 0) is 4.79 Å². The average Bonchev–Trinajstić information content (AvgIpc) is 2.55. The zero-order chi connectivity index (χ0) is 18.0. The molecule has 1 amide bonds. The number of hydrogen-bond acceptors (Lipinski definition) is 6. The first-order valence-electron chi connectivity index (χ1n) is 7.36. The maximum atomic E-state index is 12.1. The number of carbonyl (C=O) groups excluding carboxylic acids is 1. The molecule has 1 aromatic carbocycles. The summed E-state index contributed by atoms with van der Waals surface area (Å²) in [6, 6.07) is 6.86. The average molecular weight is 376 g/mol. The summed E-state index contributed by atoms with van der Waals surface area (Å²) >= 11 is 6.99. The number of benzene rings is 1. The van der Waals surface area contributed by atoms with Crippen LogP contribution in [0, 0.1) is 13.8 Å². The minimum atomic E-state index is -0.377. The highest BCUT2D eigenvalue weighted by molar-refractivity contribution is 7.99. The van der Waals surface area contributed by atoms with Crippen molar-refractivity contribution in [3.05, 3.63) is 51.0 Å². The second-order valence-corrected chi connectivity index (χ2v) is 6.69. The predicted octanol–water partition coefficient (Wildman–Crippen LogP) is 2.71. The molecule has 0 aliphatic rings. The predicted molar refractivity (Wildman–Crippen MR) is 98.2 cm³/mol. The molecule has 0 aliphatic heterocycles. The molecule has 0 bridgehead atoms. The van der Waals surface area contributed by atoms with Gasteiger partial charge in [-0.15, -0.1) is 0 Å². The highest BCUT2D eigenvalue weighted by Gasteiger charge is 2.11. The lowest BCUT2D eigenvalue weighted by atomic mass is 10.3. The molecule has 2 aromatic heterocycles. The summed E-state index contributed by atoms with van der Waals surface area (Å²) in [6.45, 7) is 3.58. The van der Waals surface area contributed by atoms with Gasteiger partial charge in [0, 0.05) is 10.7 Å². The van der Waals surface area contributed by atoms with E-state index in [1.165, 1.54) is 0 Å². The van der Waals surface area contributed by atoms with E-state index >= 15 is 0 Å². The van der Waals surface area contributed by atoms with Gasteiger partial charge in [0.25, 0.3) is 5.56 Å². The van der Waals surface area contributed by atoms with Crippen LogP contribution in [0.2, 0.25) is 5.02 Å². The molecule has 7 nitrogen and oxygen atoms in total. The van der Waals surface area contributed by atoms with Crippen molar-refractivity contribution < 1.29 is 4.79 Å². The van der Waals surface area contributed by atoms with Gasteiger partial charge in [-0.1, -0.05) is 29.4 Å². The van der Waals surface area contributed by atoms with E-state index in [1.54, 1.807) is 38.1 Å². The fourth-order valence-corrected chi connectivity index (χ4v) is 2.91. The quantitative estimate of drug-likeness (QED) is 0.537. The number of aromatic nitrogens is 4. The highest BCUT2D eigenvalue weighted by atomic mass is 35.5. The largest absolute Gasteiger partial charge is 0.325 e. The molecule has 25 heavy (non-hydrogen) atoms. The molecule has 0 atom stereocenters. The Hall–Kier alpha value is -2.45. The molecular formula is C16H14ClN5O2S. The first kappa shape index (κ1) is 17.4. The number of rotatable bonds is 4. The van der Waals surface area contributed by atoms with Gasteiger partial charge in [-0.3, -0.25) is 14.6 Å². The van der Waals surface area contributed by atoms with Crippen molar-refractivity contribution in [3.8, 4) is 0 Å². The molecule has 0 spiro atoms. The first-order chi connectivity index (χ1) is 11.9. The topological polar surface area (TPSA) is 101 Å². The third-order valence-corrected chi connectivity index (χ3v) is 4.49. The Balaban J connectivity index is 1.73. The number of nitrogens with one attached hydrogen (secondary N) is 2. The van der Waals surface area contributed by atoms with Gasteiger partial charge in [-0.25, -0.2) is 15.0 Å². The Bertz CT molecular complexity index is 1020. The summed E-state index contributed by atoms with van der Waals surface area (Å²) in [4.78, 5) is 39.5. The standard InChI is InChI=1S/C16H14ClN5O2S/c1-8-9(2)19-14-13(18-8)15(24)22-16(21-14)25-7-12(23)20-11-5-3-4-10(17)6-11/h3-6H,7H2,1-2H3,(H,20,23)(H,19,21,22,24). The van der Waals surface area contributed by atoms with Crippen LogP contribution < -0.4 is 10.9 Å². The van der Waals surface area contributed by atoms with Crippen molar-refractivity contribution in [1.29, 1.82) is 0 Å². The SMILES string of the molecule is Cc1nc2nc(SCC(=O)Nc3cccc(Cl)c3)[nH]c(=O)c2nc1C. The maximum absolute atomic E-state index is 12.1. The molecule has 0 fully saturated rings. The third kappa shape index (κ3) is 4.15. The van der Waals surface area contributed by atoms with E-state index < -0.39 is 0 Å². The van der Waals surface area contributed by atoms with Crippen molar-refractivity contribution in [1.82, 2.24) is 19.9 Å². The molecule has 9 heteroatoms. The normalized spacial score (nSPS) is 10.8. The number of nitrogens with zero attached hydrogens (tertiary/aromatic N) is 3. The van der Waals surface area contributed by atoms with Gasteiger partial charge in [0.2, 0.25) is 5.91 Å². The number of hydrogen-bond donors (Lipinski definition) is 2. The number of anilines is 1. The summed E-state index contributed by atoms with van der Waals surface area (Å²) in [5, 5.41) is 3.58. The molecule has 3 aromatic rings. The van der Waals surface area contributed by atoms with E-state index in [-0.39, 0.29) is 28.4 Å². The lowest BCUT2D eigenvalue weighted by molar-refractivity contribution is -0.113. The van der Waals surface area contributed by atoms with Crippen molar-refractivity contribution in [2.75, 3.05) is 11.1 Å². The lowest BCUT2D eigenvalue weighted by Crippen LogP contribution is -2.16. The number of fused-ring (bicyclic) bond motifs is 1. The van der Waals surface area contributed by atoms with Gasteiger partial charge in [-0.05, 0) is 32.0 Å². The Labute approximate surface area is 152 Å². The molecule has 0 saturated heterocycles. The number of H-pyrrole nitrogens is 1. The van der Waals surface area contributed by atoms with E-state index in [4.69, 9.17) is 11.6 Å². The summed E-state index contributed by atoms with van der Waals surface area (Å²) in [7, 11) is 0. The number of aryl methyl sites for hydroxylation is 2. The Kier molecular flexibility index (Phi) is 5.00. The second kappa shape index (κ2) is 7.20. The summed E-state index contributed by atoms with van der Waals surface area (Å²) in [6.07, 6.45) is 0. The molecule has 3 rings (SSSR count). The molecule has 2 heterocycles. The number of aromatic amines is 1. The fraction of sp³-hybridized carbons (Fsp3) is 0.188. The van der Waals surface area contributed by atoms with Crippen LogP contribution in [0.25, 0.3) is 11.2 Å². The van der Waals surface area contributed by atoms with Crippen LogP contribution >= 0.6 is 23.4 Å².